The lowest BCUT2D eigenvalue weighted by Crippen LogP contribution is -2.37. The fraction of sp³-hybridized carbons (Fsp3) is 0.562. The maximum atomic E-state index is 11.9. The summed E-state index contributed by atoms with van der Waals surface area (Å²) < 4.78 is 5.70. The molecule has 0 heterocycles. The third kappa shape index (κ3) is 4.62. The molecule has 1 aromatic rings. The molecule has 0 radical (unpaired) electrons. The predicted molar refractivity (Wildman–Crippen MR) is 80.6 cm³/mol. The van der Waals surface area contributed by atoms with Gasteiger partial charge < -0.3 is 15.8 Å². The van der Waals surface area contributed by atoms with Crippen LogP contribution in [0.25, 0.3) is 0 Å². The minimum atomic E-state index is -0.118. The molecule has 1 fully saturated rings. The number of benzene rings is 1. The molecule has 2 rings (SSSR count). The Kier molecular flexibility index (Phi) is 5.56. The second-order valence-corrected chi connectivity index (χ2v) is 5.57. The molecule has 1 saturated carbocycles. The van der Waals surface area contributed by atoms with Crippen LogP contribution in [0.5, 0.6) is 0 Å². The number of amides is 1. The molecule has 1 aliphatic rings. The maximum absolute atomic E-state index is 11.9. The molecule has 2 atom stereocenters. The van der Waals surface area contributed by atoms with Crippen LogP contribution < -0.4 is 11.1 Å². The number of rotatable bonds is 4. The molecule has 1 aliphatic carbocycles. The zero-order valence-corrected chi connectivity index (χ0v) is 12.1. The van der Waals surface area contributed by atoms with E-state index in [-0.39, 0.29) is 24.7 Å². The Labute approximate surface area is 120 Å². The van der Waals surface area contributed by atoms with Gasteiger partial charge in [-0.1, -0.05) is 31.4 Å². The maximum Gasteiger partial charge on any atom is 0.250 e. The van der Waals surface area contributed by atoms with Crippen LogP contribution in [0.2, 0.25) is 0 Å². The van der Waals surface area contributed by atoms with Crippen molar-refractivity contribution in [2.24, 2.45) is 5.73 Å². The first kappa shape index (κ1) is 15.0. The summed E-state index contributed by atoms with van der Waals surface area (Å²) >= 11 is 0. The van der Waals surface area contributed by atoms with Crippen molar-refractivity contribution in [3.8, 4) is 0 Å². The normalized spacial score (nSPS) is 23.1. The van der Waals surface area contributed by atoms with Gasteiger partial charge >= 0.3 is 0 Å². The Morgan fingerprint density at radius 3 is 2.95 bits per heavy atom. The van der Waals surface area contributed by atoms with Gasteiger partial charge in [-0.05, 0) is 37.5 Å². The van der Waals surface area contributed by atoms with Crippen molar-refractivity contribution >= 4 is 11.6 Å². The Morgan fingerprint density at radius 1 is 1.35 bits per heavy atom. The van der Waals surface area contributed by atoms with E-state index in [1.807, 2.05) is 31.2 Å². The van der Waals surface area contributed by atoms with Crippen molar-refractivity contribution in [3.05, 3.63) is 29.8 Å². The van der Waals surface area contributed by atoms with Gasteiger partial charge in [0.05, 0.1) is 6.10 Å². The number of ether oxygens (including phenoxy) is 1. The Bertz CT molecular complexity index is 448. The molecular formula is C16H24N2O2. The van der Waals surface area contributed by atoms with E-state index in [4.69, 9.17) is 10.5 Å². The quantitative estimate of drug-likeness (QED) is 0.831. The largest absolute Gasteiger partial charge is 0.367 e. The number of anilines is 1. The monoisotopic (exact) mass is 276 g/mol. The van der Waals surface area contributed by atoms with Gasteiger partial charge in [0.2, 0.25) is 5.91 Å². The highest BCUT2D eigenvalue weighted by atomic mass is 16.5. The van der Waals surface area contributed by atoms with Crippen molar-refractivity contribution in [1.29, 1.82) is 0 Å². The summed E-state index contributed by atoms with van der Waals surface area (Å²) in [6.07, 6.45) is 5.47. The van der Waals surface area contributed by atoms with Gasteiger partial charge in [0.1, 0.15) is 6.61 Å². The minimum Gasteiger partial charge on any atom is -0.367 e. The third-order valence-electron chi connectivity index (χ3n) is 3.73. The molecule has 4 heteroatoms. The van der Waals surface area contributed by atoms with Crippen molar-refractivity contribution in [2.45, 2.75) is 51.2 Å². The van der Waals surface area contributed by atoms with E-state index in [1.165, 1.54) is 6.42 Å². The van der Waals surface area contributed by atoms with E-state index in [9.17, 15) is 4.79 Å². The summed E-state index contributed by atoms with van der Waals surface area (Å²) in [7, 11) is 0. The van der Waals surface area contributed by atoms with Gasteiger partial charge in [0.25, 0.3) is 0 Å². The minimum absolute atomic E-state index is 0.0146. The first-order chi connectivity index (χ1) is 9.65. The summed E-state index contributed by atoms with van der Waals surface area (Å²) in [5, 5.41) is 2.85. The molecule has 0 spiro atoms. The van der Waals surface area contributed by atoms with Crippen molar-refractivity contribution in [1.82, 2.24) is 0 Å². The van der Waals surface area contributed by atoms with Crippen molar-refractivity contribution in [3.63, 3.8) is 0 Å². The topological polar surface area (TPSA) is 64.3 Å². The number of carbonyl (C=O) groups is 1. The van der Waals surface area contributed by atoms with E-state index >= 15 is 0 Å². The van der Waals surface area contributed by atoms with Gasteiger partial charge in [-0.25, -0.2) is 0 Å². The first-order valence-electron chi connectivity index (χ1n) is 7.39. The standard InChI is InChI=1S/C16H24N2O2/c1-12-6-5-7-13(10-12)18-16(19)11-20-15-9-4-2-3-8-14(15)17/h5-7,10,14-15H,2-4,8-9,11,17H2,1H3,(H,18,19). The number of hydrogen-bond acceptors (Lipinski definition) is 3. The summed E-state index contributed by atoms with van der Waals surface area (Å²) in [6.45, 7) is 2.07. The average molecular weight is 276 g/mol. The molecule has 0 bridgehead atoms. The molecule has 1 aromatic carbocycles. The summed E-state index contributed by atoms with van der Waals surface area (Å²) in [5.41, 5.74) is 8.01. The fourth-order valence-electron chi connectivity index (χ4n) is 2.61. The lowest BCUT2D eigenvalue weighted by Gasteiger charge is -2.21. The Balaban J connectivity index is 1.79. The van der Waals surface area contributed by atoms with E-state index in [1.54, 1.807) is 0 Å². The van der Waals surface area contributed by atoms with Crippen LogP contribution in [0, 0.1) is 6.92 Å². The van der Waals surface area contributed by atoms with E-state index < -0.39 is 0 Å². The van der Waals surface area contributed by atoms with Gasteiger partial charge in [0.15, 0.2) is 0 Å². The van der Waals surface area contributed by atoms with E-state index in [0.29, 0.717) is 0 Å². The van der Waals surface area contributed by atoms with Crippen LogP contribution in [0.4, 0.5) is 5.69 Å². The lowest BCUT2D eigenvalue weighted by molar-refractivity contribution is -0.123. The summed E-state index contributed by atoms with van der Waals surface area (Å²) in [6, 6.07) is 7.80. The van der Waals surface area contributed by atoms with Crippen LogP contribution in [-0.4, -0.2) is 24.7 Å². The van der Waals surface area contributed by atoms with Gasteiger partial charge in [-0.3, -0.25) is 4.79 Å². The molecule has 0 saturated heterocycles. The highest BCUT2D eigenvalue weighted by Crippen LogP contribution is 2.19. The predicted octanol–water partition coefficient (Wildman–Crippen LogP) is 2.61. The molecule has 1 amide bonds. The number of hydrogen-bond donors (Lipinski definition) is 2. The molecule has 0 aliphatic heterocycles. The molecule has 0 aromatic heterocycles. The number of aryl methyl sites for hydroxylation is 1. The summed E-state index contributed by atoms with van der Waals surface area (Å²) in [4.78, 5) is 11.9. The highest BCUT2D eigenvalue weighted by Gasteiger charge is 2.21. The SMILES string of the molecule is Cc1cccc(NC(=O)COC2CCCCCC2N)c1. The van der Waals surface area contributed by atoms with Crippen LogP contribution in [0.15, 0.2) is 24.3 Å². The number of nitrogens with one attached hydrogen (secondary N) is 1. The van der Waals surface area contributed by atoms with E-state index in [0.717, 1.165) is 36.9 Å². The molecule has 2 unspecified atom stereocenters. The second kappa shape index (κ2) is 7.41. The molecule has 20 heavy (non-hydrogen) atoms. The van der Waals surface area contributed by atoms with Crippen LogP contribution in [0.3, 0.4) is 0 Å². The van der Waals surface area contributed by atoms with Crippen molar-refractivity contribution < 1.29 is 9.53 Å². The highest BCUT2D eigenvalue weighted by molar-refractivity contribution is 5.91. The van der Waals surface area contributed by atoms with Crippen LogP contribution in [-0.2, 0) is 9.53 Å². The first-order valence-corrected chi connectivity index (χ1v) is 7.39. The summed E-state index contributed by atoms with van der Waals surface area (Å²) in [5.74, 6) is -0.118. The third-order valence-corrected chi connectivity index (χ3v) is 3.73. The zero-order valence-electron chi connectivity index (χ0n) is 12.1. The molecule has 3 N–H and O–H groups in total. The lowest BCUT2D eigenvalue weighted by atomic mass is 10.1. The fourth-order valence-corrected chi connectivity index (χ4v) is 2.61. The van der Waals surface area contributed by atoms with E-state index in [2.05, 4.69) is 5.32 Å². The molecule has 110 valence electrons. The average Bonchev–Trinajstić information content (AvgIpc) is 2.61. The second-order valence-electron chi connectivity index (χ2n) is 5.57. The zero-order chi connectivity index (χ0) is 14.4. The molecular weight excluding hydrogens is 252 g/mol. The number of nitrogens with two attached hydrogens (primary N) is 1. The van der Waals surface area contributed by atoms with Crippen molar-refractivity contribution in [2.75, 3.05) is 11.9 Å². The van der Waals surface area contributed by atoms with Gasteiger partial charge in [-0.2, -0.15) is 0 Å². The van der Waals surface area contributed by atoms with Gasteiger partial charge in [-0.15, -0.1) is 0 Å². The molecule has 4 nitrogen and oxygen atoms in total. The Hall–Kier alpha value is -1.39. The Morgan fingerprint density at radius 2 is 2.15 bits per heavy atom. The smallest absolute Gasteiger partial charge is 0.250 e. The van der Waals surface area contributed by atoms with Gasteiger partial charge in [0, 0.05) is 11.7 Å². The number of carbonyl (C=O) groups excluding carboxylic acids is 1. The van der Waals surface area contributed by atoms with Crippen LogP contribution >= 0.6 is 0 Å². The van der Waals surface area contributed by atoms with Crippen LogP contribution in [0.1, 0.15) is 37.7 Å².